The van der Waals surface area contributed by atoms with Gasteiger partial charge in [0, 0.05) is 26.0 Å². The molecule has 1 aromatic carbocycles. The average molecular weight is 323 g/mol. The van der Waals surface area contributed by atoms with E-state index in [2.05, 4.69) is 27.9 Å². The molecule has 4 rings (SSSR count). The minimum Gasteiger partial charge on any atom is -0.340 e. The number of fused-ring (bicyclic) bond motifs is 1. The minimum atomic E-state index is -0.266. The van der Waals surface area contributed by atoms with Crippen LogP contribution in [0.5, 0.6) is 0 Å². The maximum absolute atomic E-state index is 12.9. The highest BCUT2D eigenvalue weighted by atomic mass is 16.2. The molecule has 6 nitrogen and oxygen atoms in total. The molecule has 3 aromatic rings. The van der Waals surface area contributed by atoms with E-state index in [9.17, 15) is 4.79 Å². The molecule has 0 radical (unpaired) electrons. The van der Waals surface area contributed by atoms with Crippen LogP contribution in [0.4, 0.5) is 0 Å². The van der Waals surface area contributed by atoms with Gasteiger partial charge in [-0.1, -0.05) is 6.07 Å². The summed E-state index contributed by atoms with van der Waals surface area (Å²) in [6.45, 7) is 3.26. The number of carbonyl (C=O) groups is 1. The summed E-state index contributed by atoms with van der Waals surface area (Å²) >= 11 is 0. The van der Waals surface area contributed by atoms with Gasteiger partial charge in [0.2, 0.25) is 5.91 Å². The third-order valence-corrected chi connectivity index (χ3v) is 4.77. The van der Waals surface area contributed by atoms with Crippen LogP contribution in [0, 0.1) is 12.3 Å². The van der Waals surface area contributed by atoms with Crippen molar-refractivity contribution in [1.82, 2.24) is 24.4 Å². The summed E-state index contributed by atoms with van der Waals surface area (Å²) in [7, 11) is 1.86. The number of nitrogens with one attached hydrogen (secondary N) is 1. The van der Waals surface area contributed by atoms with E-state index in [1.807, 2.05) is 29.9 Å². The molecule has 0 atom stereocenters. The molecule has 1 amide bonds. The van der Waals surface area contributed by atoms with Gasteiger partial charge < -0.3 is 14.5 Å². The van der Waals surface area contributed by atoms with E-state index in [0.29, 0.717) is 13.1 Å². The molecule has 0 bridgehead atoms. The van der Waals surface area contributed by atoms with Crippen molar-refractivity contribution in [3.63, 3.8) is 0 Å². The van der Waals surface area contributed by atoms with Crippen LogP contribution in [-0.2, 0) is 17.9 Å². The van der Waals surface area contributed by atoms with Gasteiger partial charge in [0.15, 0.2) is 0 Å². The van der Waals surface area contributed by atoms with Gasteiger partial charge in [-0.15, -0.1) is 0 Å². The molecule has 6 heteroatoms. The molecule has 0 spiro atoms. The second-order valence-corrected chi connectivity index (χ2v) is 6.88. The SMILES string of the molecule is Cc1ccc2nc(CN(C)C(=O)C3(Cn4ccnc4)CC3)[nH]c2c1. The Kier molecular flexibility index (Phi) is 3.40. The fourth-order valence-electron chi connectivity index (χ4n) is 3.27. The lowest BCUT2D eigenvalue weighted by Crippen LogP contribution is -2.36. The first-order valence-electron chi connectivity index (χ1n) is 8.22. The number of hydrogen-bond donors (Lipinski definition) is 1. The van der Waals surface area contributed by atoms with Gasteiger partial charge in [-0.25, -0.2) is 9.97 Å². The highest BCUT2D eigenvalue weighted by Crippen LogP contribution is 2.48. The molecule has 0 aliphatic heterocycles. The Balaban J connectivity index is 1.48. The summed E-state index contributed by atoms with van der Waals surface area (Å²) in [5, 5.41) is 0. The fraction of sp³-hybridized carbons (Fsp3) is 0.389. The van der Waals surface area contributed by atoms with Crippen molar-refractivity contribution >= 4 is 16.9 Å². The monoisotopic (exact) mass is 323 g/mol. The summed E-state index contributed by atoms with van der Waals surface area (Å²) in [5.41, 5.74) is 2.89. The molecule has 2 aromatic heterocycles. The number of benzene rings is 1. The lowest BCUT2D eigenvalue weighted by atomic mass is 10.1. The van der Waals surface area contributed by atoms with E-state index < -0.39 is 0 Å². The Morgan fingerprint density at radius 2 is 2.25 bits per heavy atom. The Morgan fingerprint density at radius 1 is 1.42 bits per heavy atom. The van der Waals surface area contributed by atoms with Gasteiger partial charge in [-0.2, -0.15) is 0 Å². The van der Waals surface area contributed by atoms with Gasteiger partial charge in [-0.05, 0) is 37.5 Å². The molecule has 124 valence electrons. The number of hydrogen-bond acceptors (Lipinski definition) is 3. The number of aromatic nitrogens is 4. The van der Waals surface area contributed by atoms with Crippen LogP contribution in [0.25, 0.3) is 11.0 Å². The van der Waals surface area contributed by atoms with E-state index in [4.69, 9.17) is 0 Å². The van der Waals surface area contributed by atoms with Crippen molar-refractivity contribution in [3.05, 3.63) is 48.3 Å². The molecule has 24 heavy (non-hydrogen) atoms. The zero-order chi connectivity index (χ0) is 16.7. The molecule has 0 saturated heterocycles. The summed E-state index contributed by atoms with van der Waals surface area (Å²) < 4.78 is 1.99. The second kappa shape index (κ2) is 5.47. The van der Waals surface area contributed by atoms with Gasteiger partial charge in [0.1, 0.15) is 5.82 Å². The smallest absolute Gasteiger partial charge is 0.230 e. The average Bonchev–Trinajstić information content (AvgIpc) is 2.96. The van der Waals surface area contributed by atoms with Crippen LogP contribution in [0.1, 0.15) is 24.2 Å². The molecule has 1 aliphatic rings. The third-order valence-electron chi connectivity index (χ3n) is 4.77. The van der Waals surface area contributed by atoms with Crippen LogP contribution in [-0.4, -0.2) is 37.4 Å². The van der Waals surface area contributed by atoms with Gasteiger partial charge >= 0.3 is 0 Å². The number of rotatable bonds is 5. The van der Waals surface area contributed by atoms with Crippen molar-refractivity contribution in [3.8, 4) is 0 Å². The van der Waals surface area contributed by atoms with E-state index >= 15 is 0 Å². The molecule has 1 fully saturated rings. The first kappa shape index (κ1) is 14.9. The molecular formula is C18H21N5O. The second-order valence-electron chi connectivity index (χ2n) is 6.88. The minimum absolute atomic E-state index is 0.188. The first-order valence-corrected chi connectivity index (χ1v) is 8.22. The van der Waals surface area contributed by atoms with Gasteiger partial charge in [0.25, 0.3) is 0 Å². The number of amides is 1. The molecule has 1 saturated carbocycles. The van der Waals surface area contributed by atoms with Crippen LogP contribution in [0.3, 0.4) is 0 Å². The molecule has 2 heterocycles. The van der Waals surface area contributed by atoms with Crippen molar-refractivity contribution < 1.29 is 4.79 Å². The topological polar surface area (TPSA) is 66.8 Å². The van der Waals surface area contributed by atoms with Crippen molar-refractivity contribution in [1.29, 1.82) is 0 Å². The van der Waals surface area contributed by atoms with Crippen LogP contribution >= 0.6 is 0 Å². The number of carbonyl (C=O) groups excluding carboxylic acids is 1. The number of imidazole rings is 2. The zero-order valence-corrected chi connectivity index (χ0v) is 14.0. The van der Waals surface area contributed by atoms with Gasteiger partial charge in [-0.3, -0.25) is 4.79 Å². The van der Waals surface area contributed by atoms with E-state index in [1.54, 1.807) is 17.4 Å². The Morgan fingerprint density at radius 3 is 2.96 bits per heavy atom. The quantitative estimate of drug-likeness (QED) is 0.784. The molecular weight excluding hydrogens is 302 g/mol. The largest absolute Gasteiger partial charge is 0.340 e. The van der Waals surface area contributed by atoms with E-state index in [-0.39, 0.29) is 11.3 Å². The lowest BCUT2D eigenvalue weighted by Gasteiger charge is -2.23. The fourth-order valence-corrected chi connectivity index (χ4v) is 3.27. The highest BCUT2D eigenvalue weighted by molar-refractivity contribution is 5.85. The van der Waals surface area contributed by atoms with Crippen LogP contribution < -0.4 is 0 Å². The normalized spacial score (nSPS) is 15.6. The third kappa shape index (κ3) is 2.68. The lowest BCUT2D eigenvalue weighted by molar-refractivity contribution is -0.136. The molecule has 1 aliphatic carbocycles. The van der Waals surface area contributed by atoms with Crippen molar-refractivity contribution in [2.75, 3.05) is 7.05 Å². The number of aromatic amines is 1. The summed E-state index contributed by atoms with van der Waals surface area (Å²) in [4.78, 5) is 26.6. The van der Waals surface area contributed by atoms with Crippen LogP contribution in [0.15, 0.2) is 36.9 Å². The Labute approximate surface area is 140 Å². The number of aryl methyl sites for hydroxylation is 1. The van der Waals surface area contributed by atoms with E-state index in [0.717, 1.165) is 29.7 Å². The van der Waals surface area contributed by atoms with Crippen molar-refractivity contribution in [2.45, 2.75) is 32.9 Å². The highest BCUT2D eigenvalue weighted by Gasteiger charge is 2.51. The number of nitrogens with zero attached hydrogens (tertiary/aromatic N) is 4. The first-order chi connectivity index (χ1) is 11.6. The van der Waals surface area contributed by atoms with E-state index in [1.165, 1.54) is 5.56 Å². The number of H-pyrrole nitrogens is 1. The Hall–Kier alpha value is -2.63. The summed E-state index contributed by atoms with van der Waals surface area (Å²) in [5.74, 6) is 1.01. The zero-order valence-electron chi connectivity index (χ0n) is 14.0. The standard InChI is InChI=1S/C18H21N5O/c1-13-3-4-14-15(9-13)21-16(20-14)10-22(2)17(24)18(5-6-18)11-23-8-7-19-12-23/h3-4,7-9,12H,5-6,10-11H2,1-2H3,(H,20,21). The maximum atomic E-state index is 12.9. The predicted molar refractivity (Wildman–Crippen MR) is 91.2 cm³/mol. The summed E-state index contributed by atoms with van der Waals surface area (Å²) in [6.07, 6.45) is 7.31. The van der Waals surface area contributed by atoms with Crippen molar-refractivity contribution in [2.24, 2.45) is 5.41 Å². The molecule has 0 unspecified atom stereocenters. The molecule has 1 N–H and O–H groups in total. The Bertz CT molecular complexity index is 876. The van der Waals surface area contributed by atoms with Crippen LogP contribution in [0.2, 0.25) is 0 Å². The predicted octanol–water partition coefficient (Wildman–Crippen LogP) is 2.51. The maximum Gasteiger partial charge on any atom is 0.230 e. The summed E-state index contributed by atoms with van der Waals surface area (Å²) in [6, 6.07) is 6.13. The van der Waals surface area contributed by atoms with Gasteiger partial charge in [0.05, 0.1) is 29.3 Å².